The van der Waals surface area contributed by atoms with Crippen LogP contribution in [0.5, 0.6) is 5.88 Å². The maximum atomic E-state index is 13.5. The summed E-state index contributed by atoms with van der Waals surface area (Å²) in [7, 11) is 3.75. The number of hydrogen-bond acceptors (Lipinski definition) is 7. The topological polar surface area (TPSA) is 74.1 Å². The highest BCUT2D eigenvalue weighted by molar-refractivity contribution is 7.99. The maximum absolute atomic E-state index is 13.5. The number of benzene rings is 2. The quantitative estimate of drug-likeness (QED) is 0.585. The van der Waals surface area contributed by atoms with Crippen LogP contribution in [-0.2, 0) is 6.61 Å². The third-order valence-corrected chi connectivity index (χ3v) is 5.58. The molecule has 1 aliphatic rings. The Bertz CT molecular complexity index is 1050. The van der Waals surface area contributed by atoms with E-state index in [1.54, 1.807) is 24.4 Å². The Morgan fingerprint density at radius 2 is 1.88 bits per heavy atom. The molecule has 32 heavy (non-hydrogen) atoms. The van der Waals surface area contributed by atoms with Gasteiger partial charge >= 0.3 is 0 Å². The molecule has 0 saturated carbocycles. The summed E-state index contributed by atoms with van der Waals surface area (Å²) in [6.45, 7) is 2.09. The smallest absolute Gasteiger partial charge is 0.232 e. The summed E-state index contributed by atoms with van der Waals surface area (Å²) in [5.74, 6) is 0.833. The molecule has 166 valence electrons. The first kappa shape index (κ1) is 23.5. The highest BCUT2D eigenvalue weighted by atomic mass is 32.2. The van der Waals surface area contributed by atoms with Crippen LogP contribution < -0.4 is 15.0 Å². The van der Waals surface area contributed by atoms with Crippen molar-refractivity contribution in [1.29, 1.82) is 5.26 Å². The summed E-state index contributed by atoms with van der Waals surface area (Å²) < 4.78 is 19.5. The first-order valence-electron chi connectivity index (χ1n) is 10.4. The minimum Gasteiger partial charge on any atom is -0.472 e. The van der Waals surface area contributed by atoms with Crippen molar-refractivity contribution in [1.82, 2.24) is 15.3 Å². The van der Waals surface area contributed by atoms with Crippen LogP contribution in [0.3, 0.4) is 0 Å². The van der Waals surface area contributed by atoms with Crippen molar-refractivity contribution < 1.29 is 9.13 Å². The van der Waals surface area contributed by atoms with Crippen LogP contribution in [0.1, 0.15) is 24.0 Å². The molecule has 6 nitrogen and oxygen atoms in total. The monoisotopic (exact) mass is 451 g/mol. The lowest BCUT2D eigenvalue weighted by atomic mass is 10.2. The van der Waals surface area contributed by atoms with Gasteiger partial charge in [0.05, 0.1) is 22.7 Å². The highest BCUT2D eigenvalue weighted by Gasteiger charge is 2.18. The number of nitrogens with one attached hydrogen (secondary N) is 1. The lowest BCUT2D eigenvalue weighted by Crippen LogP contribution is -2.20. The number of halogens is 1. The Kier molecular flexibility index (Phi) is 8.84. The third-order valence-electron chi connectivity index (χ3n) is 4.57. The first-order valence-corrected chi connectivity index (χ1v) is 11.2. The normalized spacial score (nSPS) is 12.6. The molecule has 0 aliphatic carbocycles. The molecule has 0 amide bonds. The number of nitriles is 1. The molecule has 0 bridgehead atoms. The highest BCUT2D eigenvalue weighted by Crippen LogP contribution is 2.35. The molecule has 4 rings (SSSR count). The van der Waals surface area contributed by atoms with Gasteiger partial charge in [-0.1, -0.05) is 23.9 Å². The lowest BCUT2D eigenvalue weighted by molar-refractivity contribution is 0.285. The van der Waals surface area contributed by atoms with Crippen molar-refractivity contribution in [2.45, 2.75) is 29.2 Å². The van der Waals surface area contributed by atoms with Crippen LogP contribution in [0, 0.1) is 17.1 Å². The third kappa shape index (κ3) is 6.67. The average molecular weight is 452 g/mol. The molecular formula is C24H26FN5OS. The Morgan fingerprint density at radius 3 is 2.53 bits per heavy atom. The van der Waals surface area contributed by atoms with Gasteiger partial charge in [-0.25, -0.2) is 9.37 Å². The van der Waals surface area contributed by atoms with Gasteiger partial charge in [0.25, 0.3) is 0 Å². The molecule has 1 aromatic heterocycles. The predicted molar refractivity (Wildman–Crippen MR) is 124 cm³/mol. The van der Waals surface area contributed by atoms with E-state index in [0.717, 1.165) is 41.3 Å². The van der Waals surface area contributed by atoms with E-state index in [1.165, 1.54) is 23.9 Å². The van der Waals surface area contributed by atoms with E-state index in [4.69, 9.17) is 10.00 Å². The van der Waals surface area contributed by atoms with Gasteiger partial charge < -0.3 is 15.0 Å². The Labute approximate surface area is 192 Å². The Balaban J connectivity index is 0.000000913. The van der Waals surface area contributed by atoms with Crippen LogP contribution in [0.4, 0.5) is 10.3 Å². The second kappa shape index (κ2) is 12.0. The number of anilines is 1. The van der Waals surface area contributed by atoms with Gasteiger partial charge in [-0.05, 0) is 68.9 Å². The fourth-order valence-electron chi connectivity index (χ4n) is 3.09. The first-order chi connectivity index (χ1) is 15.6. The van der Waals surface area contributed by atoms with Crippen molar-refractivity contribution in [3.63, 3.8) is 0 Å². The molecule has 0 spiro atoms. The van der Waals surface area contributed by atoms with Gasteiger partial charge in [0.15, 0.2) is 0 Å². The van der Waals surface area contributed by atoms with Crippen molar-refractivity contribution in [3.05, 3.63) is 71.7 Å². The summed E-state index contributed by atoms with van der Waals surface area (Å²) in [6.07, 6.45) is 4.03. The summed E-state index contributed by atoms with van der Waals surface area (Å²) >= 11 is 1.47. The van der Waals surface area contributed by atoms with Crippen molar-refractivity contribution in [3.8, 4) is 11.9 Å². The number of hydrogen-bond donors (Lipinski definition) is 1. The second-order valence-corrected chi connectivity index (χ2v) is 8.31. The zero-order chi connectivity index (χ0) is 22.8. The SMILES string of the molecule is CNC.N#Cc1ccc(Sc2cnc(N3CCCC3)nc2OCc2cccc(F)c2)cc1. The summed E-state index contributed by atoms with van der Waals surface area (Å²) in [6, 6.07) is 15.8. The number of nitrogens with zero attached hydrogens (tertiary/aromatic N) is 4. The standard InChI is InChI=1S/C22H19FN4OS.C2H7N/c23-18-5-3-4-17(12-18)15-28-21-20(29-19-8-6-16(13-24)7-9-19)14-25-22(26-21)27-10-1-2-11-27;1-3-2/h3-9,12,14H,1-2,10-11,15H2;3H,1-2H3. The minimum absolute atomic E-state index is 0.217. The van der Waals surface area contributed by atoms with E-state index in [0.29, 0.717) is 17.4 Å². The van der Waals surface area contributed by atoms with E-state index in [1.807, 2.05) is 32.3 Å². The fraction of sp³-hybridized carbons (Fsp3) is 0.292. The number of ether oxygens (including phenoxy) is 1. The van der Waals surface area contributed by atoms with E-state index >= 15 is 0 Å². The van der Waals surface area contributed by atoms with Gasteiger partial charge in [0.1, 0.15) is 12.4 Å². The van der Waals surface area contributed by atoms with E-state index in [2.05, 4.69) is 26.3 Å². The average Bonchev–Trinajstić information content (AvgIpc) is 3.35. The van der Waals surface area contributed by atoms with E-state index < -0.39 is 0 Å². The number of rotatable bonds is 6. The molecule has 3 aromatic rings. The fourth-order valence-corrected chi connectivity index (χ4v) is 3.92. The molecule has 0 atom stereocenters. The molecule has 1 saturated heterocycles. The molecule has 1 aliphatic heterocycles. The minimum atomic E-state index is -0.293. The zero-order valence-electron chi connectivity index (χ0n) is 18.2. The largest absolute Gasteiger partial charge is 0.472 e. The summed E-state index contributed by atoms with van der Waals surface area (Å²) in [5.41, 5.74) is 1.35. The predicted octanol–water partition coefficient (Wildman–Crippen LogP) is 4.65. The van der Waals surface area contributed by atoms with Crippen LogP contribution in [-0.4, -0.2) is 37.2 Å². The van der Waals surface area contributed by atoms with Crippen LogP contribution in [0.2, 0.25) is 0 Å². The molecule has 0 radical (unpaired) electrons. The van der Waals surface area contributed by atoms with Crippen LogP contribution >= 0.6 is 11.8 Å². The molecule has 1 N–H and O–H groups in total. The molecule has 2 aromatic carbocycles. The van der Waals surface area contributed by atoms with Crippen LogP contribution in [0.25, 0.3) is 0 Å². The molecule has 0 unspecified atom stereocenters. The van der Waals surface area contributed by atoms with E-state index in [9.17, 15) is 4.39 Å². The van der Waals surface area contributed by atoms with Crippen molar-refractivity contribution in [2.24, 2.45) is 0 Å². The van der Waals surface area contributed by atoms with Gasteiger partial charge in [0.2, 0.25) is 11.8 Å². The molecule has 8 heteroatoms. The number of aromatic nitrogens is 2. The summed E-state index contributed by atoms with van der Waals surface area (Å²) in [5, 5.41) is 11.7. The van der Waals surface area contributed by atoms with Gasteiger partial charge in [-0.3, -0.25) is 0 Å². The summed E-state index contributed by atoms with van der Waals surface area (Å²) in [4.78, 5) is 13.0. The molecule has 2 heterocycles. The van der Waals surface area contributed by atoms with Crippen molar-refractivity contribution >= 4 is 17.7 Å². The maximum Gasteiger partial charge on any atom is 0.232 e. The Hall–Kier alpha value is -3.15. The zero-order valence-corrected chi connectivity index (χ0v) is 19.0. The molecular weight excluding hydrogens is 425 g/mol. The Morgan fingerprint density at radius 1 is 1.16 bits per heavy atom. The van der Waals surface area contributed by atoms with E-state index in [-0.39, 0.29) is 12.4 Å². The van der Waals surface area contributed by atoms with Gasteiger partial charge in [-0.2, -0.15) is 10.2 Å². The second-order valence-electron chi connectivity index (χ2n) is 7.19. The van der Waals surface area contributed by atoms with Crippen molar-refractivity contribution in [2.75, 3.05) is 32.1 Å². The van der Waals surface area contributed by atoms with Crippen LogP contribution in [0.15, 0.2) is 64.5 Å². The van der Waals surface area contributed by atoms with Gasteiger partial charge in [0, 0.05) is 18.0 Å². The molecule has 1 fully saturated rings. The lowest BCUT2D eigenvalue weighted by Gasteiger charge is -2.17. The van der Waals surface area contributed by atoms with Gasteiger partial charge in [-0.15, -0.1) is 0 Å².